The molecular formula is C11H16N2O. The highest BCUT2D eigenvalue weighted by Crippen LogP contribution is 2.29. The van der Waals surface area contributed by atoms with Crippen molar-refractivity contribution in [1.29, 1.82) is 0 Å². The van der Waals surface area contributed by atoms with Crippen LogP contribution >= 0.6 is 0 Å². The van der Waals surface area contributed by atoms with Gasteiger partial charge in [0.15, 0.2) is 0 Å². The summed E-state index contributed by atoms with van der Waals surface area (Å²) in [6.07, 6.45) is 0.768. The third-order valence-corrected chi connectivity index (χ3v) is 2.59. The number of nitrogen functional groups attached to an aromatic ring is 1. The van der Waals surface area contributed by atoms with E-state index in [4.69, 9.17) is 5.73 Å². The number of β-amino-alcohol motifs (C(OH)–C–C–N with tert-alkyl or cyclic N) is 1. The molecule has 0 bridgehead atoms. The minimum absolute atomic E-state index is 0.289. The summed E-state index contributed by atoms with van der Waals surface area (Å²) in [6.45, 7) is 3.49. The number of hydrogen-bond donors (Lipinski definition) is 2. The second-order valence-electron chi connectivity index (χ2n) is 3.93. The fourth-order valence-corrected chi connectivity index (χ4v) is 1.97. The van der Waals surface area contributed by atoms with E-state index < -0.39 is 0 Å². The molecule has 0 aromatic heterocycles. The second kappa shape index (κ2) is 3.50. The Bertz CT molecular complexity index is 336. The maximum atomic E-state index is 9.33. The summed E-state index contributed by atoms with van der Waals surface area (Å²) in [7, 11) is 0. The van der Waals surface area contributed by atoms with Gasteiger partial charge < -0.3 is 15.7 Å². The molecule has 3 N–H and O–H groups in total. The zero-order valence-electron chi connectivity index (χ0n) is 8.40. The van der Waals surface area contributed by atoms with Gasteiger partial charge in [-0.2, -0.15) is 0 Å². The van der Waals surface area contributed by atoms with Crippen LogP contribution < -0.4 is 10.6 Å². The molecule has 0 saturated heterocycles. The van der Waals surface area contributed by atoms with Gasteiger partial charge in [0.2, 0.25) is 0 Å². The number of nitrogens with two attached hydrogens (primary N) is 1. The Morgan fingerprint density at radius 3 is 3.07 bits per heavy atom. The average Bonchev–Trinajstić information content (AvgIpc) is 2.47. The first-order valence-electron chi connectivity index (χ1n) is 4.98. The average molecular weight is 192 g/mol. The van der Waals surface area contributed by atoms with Crippen molar-refractivity contribution >= 4 is 11.4 Å². The standard InChI is InChI=1S/C11H16N2O/c1-8(14)7-13-5-4-9-2-3-10(12)6-11(9)13/h2-3,6,8,14H,4-5,7,12H2,1H3. The van der Waals surface area contributed by atoms with E-state index in [1.54, 1.807) is 0 Å². The van der Waals surface area contributed by atoms with E-state index in [0.717, 1.165) is 18.7 Å². The van der Waals surface area contributed by atoms with Crippen molar-refractivity contribution in [3.05, 3.63) is 23.8 Å². The first-order chi connectivity index (χ1) is 6.66. The van der Waals surface area contributed by atoms with Crippen molar-refractivity contribution in [2.45, 2.75) is 19.4 Å². The summed E-state index contributed by atoms with van der Waals surface area (Å²) >= 11 is 0. The topological polar surface area (TPSA) is 49.5 Å². The molecule has 76 valence electrons. The summed E-state index contributed by atoms with van der Waals surface area (Å²) in [5, 5.41) is 9.33. The van der Waals surface area contributed by atoms with E-state index in [0.29, 0.717) is 6.54 Å². The lowest BCUT2D eigenvalue weighted by atomic mass is 10.1. The Hall–Kier alpha value is -1.22. The van der Waals surface area contributed by atoms with E-state index in [9.17, 15) is 5.11 Å². The maximum Gasteiger partial charge on any atom is 0.0687 e. The summed E-state index contributed by atoms with van der Waals surface area (Å²) in [4.78, 5) is 2.19. The molecule has 1 atom stereocenters. The molecule has 1 aromatic rings. The zero-order chi connectivity index (χ0) is 10.1. The molecule has 1 aliphatic heterocycles. The number of aliphatic hydroxyl groups excluding tert-OH is 1. The lowest BCUT2D eigenvalue weighted by Gasteiger charge is -2.21. The molecule has 0 radical (unpaired) electrons. The van der Waals surface area contributed by atoms with E-state index in [-0.39, 0.29) is 6.10 Å². The van der Waals surface area contributed by atoms with Gasteiger partial charge >= 0.3 is 0 Å². The highest BCUT2D eigenvalue weighted by Gasteiger charge is 2.19. The fraction of sp³-hybridized carbons (Fsp3) is 0.455. The molecule has 1 unspecified atom stereocenters. The van der Waals surface area contributed by atoms with Crippen LogP contribution in [0.4, 0.5) is 11.4 Å². The van der Waals surface area contributed by atoms with Crippen molar-refractivity contribution in [1.82, 2.24) is 0 Å². The van der Waals surface area contributed by atoms with Gasteiger partial charge in [0.05, 0.1) is 6.10 Å². The highest BCUT2D eigenvalue weighted by atomic mass is 16.3. The fourth-order valence-electron chi connectivity index (χ4n) is 1.97. The third-order valence-electron chi connectivity index (χ3n) is 2.59. The maximum absolute atomic E-state index is 9.33. The van der Waals surface area contributed by atoms with Crippen molar-refractivity contribution in [3.8, 4) is 0 Å². The summed E-state index contributed by atoms with van der Waals surface area (Å²) in [5.41, 5.74) is 9.05. The van der Waals surface area contributed by atoms with Gasteiger partial charge in [-0.3, -0.25) is 0 Å². The van der Waals surface area contributed by atoms with Gasteiger partial charge in [0.25, 0.3) is 0 Å². The van der Waals surface area contributed by atoms with Crippen molar-refractivity contribution in [2.75, 3.05) is 23.7 Å². The van der Waals surface area contributed by atoms with Crippen LogP contribution in [0.2, 0.25) is 0 Å². The second-order valence-corrected chi connectivity index (χ2v) is 3.93. The molecule has 0 saturated carbocycles. The van der Waals surface area contributed by atoms with Gasteiger partial charge in [0.1, 0.15) is 0 Å². The predicted octanol–water partition coefficient (Wildman–Crippen LogP) is 1.01. The van der Waals surface area contributed by atoms with Crippen LogP contribution in [0.15, 0.2) is 18.2 Å². The monoisotopic (exact) mass is 192 g/mol. The summed E-state index contributed by atoms with van der Waals surface area (Å²) < 4.78 is 0. The van der Waals surface area contributed by atoms with E-state index in [1.807, 2.05) is 19.1 Å². The van der Waals surface area contributed by atoms with Crippen molar-refractivity contribution < 1.29 is 5.11 Å². The molecule has 1 aliphatic rings. The van der Waals surface area contributed by atoms with Crippen LogP contribution in [0, 0.1) is 0 Å². The van der Waals surface area contributed by atoms with Gasteiger partial charge in [0, 0.05) is 24.5 Å². The largest absolute Gasteiger partial charge is 0.399 e. The molecule has 0 spiro atoms. The van der Waals surface area contributed by atoms with Crippen LogP contribution in [-0.4, -0.2) is 24.3 Å². The number of nitrogens with zero attached hydrogens (tertiary/aromatic N) is 1. The van der Waals surface area contributed by atoms with Crippen LogP contribution in [0.5, 0.6) is 0 Å². The number of aliphatic hydroxyl groups is 1. The molecule has 2 rings (SSSR count). The Morgan fingerprint density at radius 2 is 2.36 bits per heavy atom. The zero-order valence-corrected chi connectivity index (χ0v) is 8.40. The van der Waals surface area contributed by atoms with E-state index in [1.165, 1.54) is 11.3 Å². The van der Waals surface area contributed by atoms with Gasteiger partial charge in [-0.25, -0.2) is 0 Å². The summed E-state index contributed by atoms with van der Waals surface area (Å²) in [5.74, 6) is 0. The molecule has 14 heavy (non-hydrogen) atoms. The number of anilines is 2. The number of hydrogen-bond acceptors (Lipinski definition) is 3. The highest BCUT2D eigenvalue weighted by molar-refractivity contribution is 5.64. The first-order valence-corrected chi connectivity index (χ1v) is 4.98. The predicted molar refractivity (Wildman–Crippen MR) is 58.5 cm³/mol. The molecular weight excluding hydrogens is 176 g/mol. The van der Waals surface area contributed by atoms with Gasteiger partial charge in [-0.1, -0.05) is 6.07 Å². The lowest BCUT2D eigenvalue weighted by molar-refractivity contribution is 0.200. The lowest BCUT2D eigenvalue weighted by Crippen LogP contribution is -2.29. The first kappa shape index (κ1) is 9.34. The van der Waals surface area contributed by atoms with Crippen LogP contribution in [0.1, 0.15) is 12.5 Å². The number of fused-ring (bicyclic) bond motifs is 1. The quantitative estimate of drug-likeness (QED) is 0.688. The Morgan fingerprint density at radius 1 is 1.57 bits per heavy atom. The van der Waals surface area contributed by atoms with Crippen molar-refractivity contribution in [3.63, 3.8) is 0 Å². The smallest absolute Gasteiger partial charge is 0.0687 e. The minimum atomic E-state index is -0.289. The van der Waals surface area contributed by atoms with Gasteiger partial charge in [-0.05, 0) is 31.0 Å². The molecule has 0 fully saturated rings. The third kappa shape index (κ3) is 1.68. The van der Waals surface area contributed by atoms with Gasteiger partial charge in [-0.15, -0.1) is 0 Å². The Labute approximate surface area is 84.1 Å². The van der Waals surface area contributed by atoms with Crippen LogP contribution in [0.3, 0.4) is 0 Å². The number of benzene rings is 1. The molecule has 3 nitrogen and oxygen atoms in total. The molecule has 3 heteroatoms. The summed E-state index contributed by atoms with van der Waals surface area (Å²) in [6, 6.07) is 6.00. The Kier molecular flexibility index (Phi) is 2.33. The van der Waals surface area contributed by atoms with E-state index >= 15 is 0 Å². The minimum Gasteiger partial charge on any atom is -0.399 e. The normalized spacial score (nSPS) is 16.9. The van der Waals surface area contributed by atoms with Crippen molar-refractivity contribution in [2.24, 2.45) is 0 Å². The molecule has 1 aromatic carbocycles. The molecule has 0 aliphatic carbocycles. The van der Waals surface area contributed by atoms with Crippen LogP contribution in [-0.2, 0) is 6.42 Å². The van der Waals surface area contributed by atoms with Crippen LogP contribution in [0.25, 0.3) is 0 Å². The molecule has 1 heterocycles. The molecule has 0 amide bonds. The van der Waals surface area contributed by atoms with E-state index in [2.05, 4.69) is 11.0 Å². The number of rotatable bonds is 2. The SMILES string of the molecule is CC(O)CN1CCc2ccc(N)cc21. The Balaban J connectivity index is 2.24.